The zero-order chi connectivity index (χ0) is 15.3. The van der Waals surface area contributed by atoms with E-state index in [-0.39, 0.29) is 11.3 Å². The molecule has 1 aliphatic heterocycles. The van der Waals surface area contributed by atoms with Crippen LogP contribution >= 0.6 is 0 Å². The van der Waals surface area contributed by atoms with Crippen LogP contribution in [0.1, 0.15) is 52.0 Å². The Bertz CT molecular complexity index is 453. The Balaban J connectivity index is 1.79. The Morgan fingerprint density at radius 1 is 1.19 bits per heavy atom. The first kappa shape index (κ1) is 16.0. The summed E-state index contributed by atoms with van der Waals surface area (Å²) in [5, 5.41) is 2.99. The van der Waals surface area contributed by atoms with Crippen molar-refractivity contribution in [1.82, 2.24) is 0 Å². The average molecular weight is 289 g/mol. The summed E-state index contributed by atoms with van der Waals surface area (Å²) in [5.74, 6) is 0.762. The Labute approximate surface area is 128 Å². The summed E-state index contributed by atoms with van der Waals surface area (Å²) in [4.78, 5) is 12.0. The van der Waals surface area contributed by atoms with Gasteiger partial charge < -0.3 is 10.1 Å². The fourth-order valence-corrected chi connectivity index (χ4v) is 2.65. The van der Waals surface area contributed by atoms with Crippen LogP contribution < -0.4 is 5.32 Å². The number of anilines is 1. The van der Waals surface area contributed by atoms with Gasteiger partial charge in [-0.2, -0.15) is 0 Å². The Morgan fingerprint density at radius 2 is 1.81 bits per heavy atom. The fourth-order valence-electron chi connectivity index (χ4n) is 2.65. The maximum atomic E-state index is 12.0. The molecular weight excluding hydrogens is 262 g/mol. The maximum Gasteiger partial charge on any atom is 0.224 e. The summed E-state index contributed by atoms with van der Waals surface area (Å²) in [7, 11) is 0. The molecule has 0 unspecified atom stereocenters. The number of amides is 1. The quantitative estimate of drug-likeness (QED) is 0.905. The first-order valence-electron chi connectivity index (χ1n) is 7.93. The van der Waals surface area contributed by atoms with Crippen molar-refractivity contribution in [2.75, 3.05) is 18.5 Å². The first-order chi connectivity index (χ1) is 9.95. The number of nitrogens with one attached hydrogen (secondary N) is 1. The van der Waals surface area contributed by atoms with Crippen molar-refractivity contribution in [3.63, 3.8) is 0 Å². The number of hydrogen-bond donors (Lipinski definition) is 1. The third-order valence-corrected chi connectivity index (χ3v) is 4.16. The number of hydrogen-bond acceptors (Lipinski definition) is 2. The topological polar surface area (TPSA) is 38.3 Å². The molecule has 1 N–H and O–H groups in total. The van der Waals surface area contributed by atoms with E-state index in [1.54, 1.807) is 0 Å². The van der Waals surface area contributed by atoms with Crippen LogP contribution in [0.25, 0.3) is 0 Å². The zero-order valence-electron chi connectivity index (χ0n) is 13.4. The summed E-state index contributed by atoms with van der Waals surface area (Å²) >= 11 is 0. The number of benzene rings is 1. The molecule has 116 valence electrons. The van der Waals surface area contributed by atoms with Crippen LogP contribution in [0.4, 0.5) is 5.69 Å². The maximum absolute atomic E-state index is 12.0. The molecule has 0 radical (unpaired) electrons. The normalized spacial score (nSPS) is 16.7. The van der Waals surface area contributed by atoms with Crippen molar-refractivity contribution < 1.29 is 9.53 Å². The van der Waals surface area contributed by atoms with Gasteiger partial charge in [0.15, 0.2) is 0 Å². The van der Waals surface area contributed by atoms with Crippen molar-refractivity contribution in [3.8, 4) is 0 Å². The molecule has 1 aliphatic rings. The summed E-state index contributed by atoms with van der Waals surface area (Å²) < 4.78 is 5.34. The number of carbonyl (C=O) groups is 1. The van der Waals surface area contributed by atoms with Gasteiger partial charge in [-0.25, -0.2) is 0 Å². The van der Waals surface area contributed by atoms with Crippen LogP contribution in [0.3, 0.4) is 0 Å². The van der Waals surface area contributed by atoms with E-state index in [0.717, 1.165) is 38.2 Å². The van der Waals surface area contributed by atoms with Crippen molar-refractivity contribution in [2.45, 2.75) is 51.9 Å². The van der Waals surface area contributed by atoms with Gasteiger partial charge in [-0.05, 0) is 48.3 Å². The average Bonchev–Trinajstić information content (AvgIpc) is 2.46. The Kier molecular flexibility index (Phi) is 5.40. The fraction of sp³-hybridized carbons (Fsp3) is 0.611. The molecule has 1 fully saturated rings. The van der Waals surface area contributed by atoms with E-state index in [4.69, 9.17) is 4.74 Å². The standard InChI is InChI=1S/C18H27NO2/c1-18(2,3)15-5-7-16(8-6-15)19-17(20)9-4-14-10-12-21-13-11-14/h5-8,14H,4,9-13H2,1-3H3,(H,19,20). The van der Waals surface area contributed by atoms with Crippen LogP contribution in [0.15, 0.2) is 24.3 Å². The van der Waals surface area contributed by atoms with Gasteiger partial charge in [0, 0.05) is 25.3 Å². The molecule has 1 saturated heterocycles. The molecular formula is C18H27NO2. The van der Waals surface area contributed by atoms with Crippen molar-refractivity contribution >= 4 is 11.6 Å². The zero-order valence-corrected chi connectivity index (χ0v) is 13.4. The second-order valence-electron chi connectivity index (χ2n) is 6.97. The number of rotatable bonds is 4. The second-order valence-corrected chi connectivity index (χ2v) is 6.97. The largest absolute Gasteiger partial charge is 0.381 e. The van der Waals surface area contributed by atoms with Gasteiger partial charge in [0.1, 0.15) is 0 Å². The Hall–Kier alpha value is -1.35. The minimum absolute atomic E-state index is 0.116. The predicted molar refractivity (Wildman–Crippen MR) is 86.5 cm³/mol. The summed E-state index contributed by atoms with van der Waals surface area (Å²) in [6.07, 6.45) is 3.75. The molecule has 21 heavy (non-hydrogen) atoms. The van der Waals surface area contributed by atoms with E-state index in [2.05, 4.69) is 38.2 Å². The van der Waals surface area contributed by atoms with Gasteiger partial charge in [-0.1, -0.05) is 32.9 Å². The lowest BCUT2D eigenvalue weighted by Crippen LogP contribution is -2.19. The number of ether oxygens (including phenoxy) is 1. The lowest BCUT2D eigenvalue weighted by Gasteiger charge is -2.21. The summed E-state index contributed by atoms with van der Waals surface area (Å²) in [5.41, 5.74) is 2.31. The van der Waals surface area contributed by atoms with Gasteiger partial charge in [-0.3, -0.25) is 4.79 Å². The smallest absolute Gasteiger partial charge is 0.224 e. The van der Waals surface area contributed by atoms with E-state index in [1.165, 1.54) is 5.56 Å². The molecule has 0 atom stereocenters. The van der Waals surface area contributed by atoms with Crippen LogP contribution in [0.5, 0.6) is 0 Å². The van der Waals surface area contributed by atoms with Crippen molar-refractivity contribution in [1.29, 1.82) is 0 Å². The minimum Gasteiger partial charge on any atom is -0.381 e. The van der Waals surface area contributed by atoms with Gasteiger partial charge in [0.05, 0.1) is 0 Å². The molecule has 0 aliphatic carbocycles. The molecule has 3 heteroatoms. The predicted octanol–water partition coefficient (Wildman–Crippen LogP) is 4.13. The van der Waals surface area contributed by atoms with Gasteiger partial charge >= 0.3 is 0 Å². The molecule has 1 amide bonds. The molecule has 1 aromatic carbocycles. The van der Waals surface area contributed by atoms with Crippen molar-refractivity contribution in [2.24, 2.45) is 5.92 Å². The van der Waals surface area contributed by atoms with Crippen LogP contribution in [0.2, 0.25) is 0 Å². The molecule has 0 spiro atoms. The lowest BCUT2D eigenvalue weighted by atomic mass is 9.87. The van der Waals surface area contributed by atoms with Gasteiger partial charge in [0.25, 0.3) is 0 Å². The molecule has 3 nitrogen and oxygen atoms in total. The van der Waals surface area contributed by atoms with E-state index in [1.807, 2.05) is 12.1 Å². The highest BCUT2D eigenvalue weighted by atomic mass is 16.5. The SMILES string of the molecule is CC(C)(C)c1ccc(NC(=O)CCC2CCOCC2)cc1. The third kappa shape index (κ3) is 5.16. The lowest BCUT2D eigenvalue weighted by molar-refractivity contribution is -0.116. The van der Waals surface area contributed by atoms with E-state index < -0.39 is 0 Å². The molecule has 1 heterocycles. The highest BCUT2D eigenvalue weighted by molar-refractivity contribution is 5.90. The van der Waals surface area contributed by atoms with E-state index in [9.17, 15) is 4.79 Å². The van der Waals surface area contributed by atoms with E-state index in [0.29, 0.717) is 12.3 Å². The number of carbonyl (C=O) groups excluding carboxylic acids is 1. The van der Waals surface area contributed by atoms with Crippen molar-refractivity contribution in [3.05, 3.63) is 29.8 Å². The van der Waals surface area contributed by atoms with Crippen LogP contribution in [-0.2, 0) is 14.9 Å². The van der Waals surface area contributed by atoms with Gasteiger partial charge in [0.2, 0.25) is 5.91 Å². The molecule has 2 rings (SSSR count). The van der Waals surface area contributed by atoms with Crippen LogP contribution in [0, 0.1) is 5.92 Å². The van der Waals surface area contributed by atoms with Crippen LogP contribution in [-0.4, -0.2) is 19.1 Å². The molecule has 0 bridgehead atoms. The molecule has 0 saturated carbocycles. The third-order valence-electron chi connectivity index (χ3n) is 4.16. The summed E-state index contributed by atoms with van der Waals surface area (Å²) in [6, 6.07) is 8.17. The summed E-state index contributed by atoms with van der Waals surface area (Å²) in [6.45, 7) is 8.26. The second kappa shape index (κ2) is 7.08. The monoisotopic (exact) mass is 289 g/mol. The van der Waals surface area contributed by atoms with E-state index >= 15 is 0 Å². The molecule has 0 aromatic heterocycles. The minimum atomic E-state index is 0.116. The first-order valence-corrected chi connectivity index (χ1v) is 7.93. The van der Waals surface area contributed by atoms with Gasteiger partial charge in [-0.15, -0.1) is 0 Å². The Morgan fingerprint density at radius 3 is 2.38 bits per heavy atom. The molecule has 1 aromatic rings. The highest BCUT2D eigenvalue weighted by Gasteiger charge is 2.16. The highest BCUT2D eigenvalue weighted by Crippen LogP contribution is 2.24.